The van der Waals surface area contributed by atoms with Gasteiger partial charge in [0, 0.05) is 18.3 Å². The van der Waals surface area contributed by atoms with Crippen molar-refractivity contribution in [2.24, 2.45) is 0 Å². The second-order valence-corrected chi connectivity index (χ2v) is 7.88. The lowest BCUT2D eigenvalue weighted by Gasteiger charge is -2.26. The molecule has 0 saturated carbocycles. The summed E-state index contributed by atoms with van der Waals surface area (Å²) in [5.41, 5.74) is 1.60. The Labute approximate surface area is 202 Å². The maximum atomic E-state index is 13.4. The number of nitrogens with one attached hydrogen (secondary N) is 1. The third-order valence-electron chi connectivity index (χ3n) is 5.66. The van der Waals surface area contributed by atoms with Crippen LogP contribution in [-0.4, -0.2) is 36.9 Å². The molecule has 178 valence electrons. The summed E-state index contributed by atoms with van der Waals surface area (Å²) in [6.07, 6.45) is 0. The third-order valence-corrected chi connectivity index (χ3v) is 5.66. The molecule has 8 heteroatoms. The zero-order chi connectivity index (χ0) is 25.1. The van der Waals surface area contributed by atoms with Crippen LogP contribution < -0.4 is 19.7 Å². The van der Waals surface area contributed by atoms with Crippen LogP contribution in [0.15, 0.2) is 78.4 Å². The zero-order valence-electron chi connectivity index (χ0n) is 19.4. The van der Waals surface area contributed by atoms with Gasteiger partial charge in [0.2, 0.25) is 5.91 Å². The average Bonchev–Trinajstić information content (AvgIpc) is 3.13. The number of nitrogens with zero attached hydrogens (tertiary/aromatic N) is 1. The van der Waals surface area contributed by atoms with Crippen molar-refractivity contribution in [2.45, 2.75) is 13.0 Å². The first-order chi connectivity index (χ1) is 16.8. The van der Waals surface area contributed by atoms with Crippen molar-refractivity contribution in [1.82, 2.24) is 0 Å². The highest BCUT2D eigenvalue weighted by atomic mass is 16.5. The predicted molar refractivity (Wildman–Crippen MR) is 132 cm³/mol. The summed E-state index contributed by atoms with van der Waals surface area (Å²) in [7, 11) is 2.97. The molecule has 1 heterocycles. The lowest BCUT2D eigenvalue weighted by molar-refractivity contribution is -0.132. The van der Waals surface area contributed by atoms with Gasteiger partial charge in [0.25, 0.3) is 11.7 Å². The average molecular weight is 472 g/mol. The van der Waals surface area contributed by atoms with E-state index in [1.807, 2.05) is 0 Å². The van der Waals surface area contributed by atoms with E-state index >= 15 is 0 Å². The Morgan fingerprint density at radius 3 is 2.40 bits per heavy atom. The lowest BCUT2D eigenvalue weighted by atomic mass is 9.94. The molecule has 1 unspecified atom stereocenters. The minimum absolute atomic E-state index is 0.0855. The zero-order valence-corrected chi connectivity index (χ0v) is 19.4. The van der Waals surface area contributed by atoms with Crippen molar-refractivity contribution >= 4 is 34.7 Å². The Morgan fingerprint density at radius 1 is 0.943 bits per heavy atom. The minimum Gasteiger partial charge on any atom is -0.507 e. The summed E-state index contributed by atoms with van der Waals surface area (Å²) in [6.45, 7) is 1.38. The molecule has 35 heavy (non-hydrogen) atoms. The van der Waals surface area contributed by atoms with Gasteiger partial charge in [-0.25, -0.2) is 0 Å². The minimum atomic E-state index is -0.956. The standard InChI is InChI=1S/C27H24N2O6/c1-16(30)28-18-9-7-10-19(15-18)29-24(17-8-6-11-20(14-17)34-2)23(26(32)27(29)33)25(31)21-12-4-5-13-22(21)35-3/h4-15,24,31H,1-3H3,(H,28,30)/b25-23+. The molecule has 0 aromatic heterocycles. The van der Waals surface area contributed by atoms with Gasteiger partial charge >= 0.3 is 0 Å². The molecule has 1 saturated heterocycles. The summed E-state index contributed by atoms with van der Waals surface area (Å²) >= 11 is 0. The monoisotopic (exact) mass is 472 g/mol. The maximum absolute atomic E-state index is 13.4. The van der Waals surface area contributed by atoms with Crippen molar-refractivity contribution in [1.29, 1.82) is 0 Å². The number of carbonyl (C=O) groups is 3. The number of benzene rings is 3. The van der Waals surface area contributed by atoms with Crippen molar-refractivity contribution in [3.8, 4) is 11.5 Å². The van der Waals surface area contributed by atoms with Gasteiger partial charge in [-0.05, 0) is 48.0 Å². The highest BCUT2D eigenvalue weighted by Gasteiger charge is 2.47. The first kappa shape index (κ1) is 23.6. The van der Waals surface area contributed by atoms with E-state index in [1.54, 1.807) is 72.8 Å². The molecular weight excluding hydrogens is 448 g/mol. The van der Waals surface area contributed by atoms with Gasteiger partial charge in [-0.15, -0.1) is 0 Å². The molecular formula is C27H24N2O6. The second-order valence-electron chi connectivity index (χ2n) is 7.88. The molecule has 1 aliphatic rings. The highest BCUT2D eigenvalue weighted by molar-refractivity contribution is 6.51. The summed E-state index contributed by atoms with van der Waals surface area (Å²) in [4.78, 5) is 39.6. The van der Waals surface area contributed by atoms with Crippen LogP contribution in [0.4, 0.5) is 11.4 Å². The quantitative estimate of drug-likeness (QED) is 0.315. The highest BCUT2D eigenvalue weighted by Crippen LogP contribution is 2.44. The van der Waals surface area contributed by atoms with E-state index in [0.717, 1.165) is 0 Å². The summed E-state index contributed by atoms with van der Waals surface area (Å²) < 4.78 is 10.7. The molecule has 1 aliphatic heterocycles. The van der Waals surface area contributed by atoms with E-state index in [9.17, 15) is 19.5 Å². The second kappa shape index (κ2) is 9.72. The first-order valence-corrected chi connectivity index (χ1v) is 10.8. The molecule has 2 amide bonds. The topological polar surface area (TPSA) is 105 Å². The number of methoxy groups -OCH3 is 2. The van der Waals surface area contributed by atoms with Gasteiger partial charge in [0.1, 0.15) is 17.3 Å². The van der Waals surface area contributed by atoms with E-state index < -0.39 is 17.7 Å². The van der Waals surface area contributed by atoms with Crippen molar-refractivity contribution in [3.05, 3.63) is 89.5 Å². The van der Waals surface area contributed by atoms with Crippen LogP contribution in [0.1, 0.15) is 24.1 Å². The fraction of sp³-hybridized carbons (Fsp3) is 0.148. The number of rotatable bonds is 6. The van der Waals surface area contributed by atoms with Crippen molar-refractivity contribution in [3.63, 3.8) is 0 Å². The van der Waals surface area contributed by atoms with Crippen LogP contribution in [-0.2, 0) is 14.4 Å². The van der Waals surface area contributed by atoms with E-state index in [1.165, 1.54) is 26.0 Å². The van der Waals surface area contributed by atoms with Crippen LogP contribution in [0.3, 0.4) is 0 Å². The van der Waals surface area contributed by atoms with Crippen LogP contribution in [0, 0.1) is 0 Å². The smallest absolute Gasteiger partial charge is 0.300 e. The number of Topliss-reactive ketones (excluding diaryl/α,β-unsaturated/α-hetero) is 1. The summed E-state index contributed by atoms with van der Waals surface area (Å²) in [6, 6.07) is 19.3. The predicted octanol–water partition coefficient (Wildman–Crippen LogP) is 4.29. The number of aliphatic hydroxyl groups is 1. The van der Waals surface area contributed by atoms with Crippen LogP contribution >= 0.6 is 0 Å². The number of ketones is 1. The number of amides is 2. The van der Waals surface area contributed by atoms with Gasteiger partial charge in [-0.3, -0.25) is 19.3 Å². The van der Waals surface area contributed by atoms with Gasteiger partial charge < -0.3 is 19.9 Å². The number of anilines is 2. The number of carbonyl (C=O) groups excluding carboxylic acids is 3. The third kappa shape index (κ3) is 4.46. The molecule has 1 atom stereocenters. The molecule has 3 aromatic rings. The van der Waals surface area contributed by atoms with Crippen LogP contribution in [0.5, 0.6) is 11.5 Å². The molecule has 4 rings (SSSR count). The Bertz CT molecular complexity index is 1350. The lowest BCUT2D eigenvalue weighted by Crippen LogP contribution is -2.29. The molecule has 8 nitrogen and oxygen atoms in total. The summed E-state index contributed by atoms with van der Waals surface area (Å²) in [5.74, 6) is -1.40. The van der Waals surface area contributed by atoms with Crippen molar-refractivity contribution in [2.75, 3.05) is 24.4 Å². The van der Waals surface area contributed by atoms with E-state index in [-0.39, 0.29) is 22.8 Å². The van der Waals surface area contributed by atoms with Gasteiger partial charge in [0.15, 0.2) is 0 Å². The van der Waals surface area contributed by atoms with Gasteiger partial charge in [0.05, 0.1) is 31.4 Å². The first-order valence-electron chi connectivity index (χ1n) is 10.8. The largest absolute Gasteiger partial charge is 0.507 e. The summed E-state index contributed by atoms with van der Waals surface area (Å²) in [5, 5.41) is 14.0. The molecule has 1 fully saturated rings. The normalized spacial score (nSPS) is 16.8. The number of ether oxygens (including phenoxy) is 2. The van der Waals surface area contributed by atoms with E-state index in [4.69, 9.17) is 9.47 Å². The fourth-order valence-electron chi connectivity index (χ4n) is 4.15. The number of hydrogen-bond donors (Lipinski definition) is 2. The van der Waals surface area contributed by atoms with Crippen LogP contribution in [0.25, 0.3) is 5.76 Å². The maximum Gasteiger partial charge on any atom is 0.300 e. The Kier molecular flexibility index (Phi) is 6.55. The molecule has 3 aromatic carbocycles. The Morgan fingerprint density at radius 2 is 1.69 bits per heavy atom. The Hall–Kier alpha value is -4.59. The van der Waals surface area contributed by atoms with Gasteiger partial charge in [-0.1, -0.05) is 30.3 Å². The SMILES string of the molecule is COc1cccc(C2/C(=C(\O)c3ccccc3OC)C(=O)C(=O)N2c2cccc(NC(C)=O)c2)c1. The fourth-order valence-corrected chi connectivity index (χ4v) is 4.15. The number of aliphatic hydroxyl groups excluding tert-OH is 1. The Balaban J connectivity index is 1.96. The van der Waals surface area contributed by atoms with E-state index in [0.29, 0.717) is 28.4 Å². The van der Waals surface area contributed by atoms with Gasteiger partial charge in [-0.2, -0.15) is 0 Å². The number of hydrogen-bond acceptors (Lipinski definition) is 6. The molecule has 2 N–H and O–H groups in total. The van der Waals surface area contributed by atoms with Crippen molar-refractivity contribution < 1.29 is 29.0 Å². The number of para-hydroxylation sites is 1. The molecule has 0 aliphatic carbocycles. The van der Waals surface area contributed by atoms with E-state index in [2.05, 4.69) is 5.32 Å². The van der Waals surface area contributed by atoms with Crippen LogP contribution in [0.2, 0.25) is 0 Å². The molecule has 0 spiro atoms. The molecule has 0 radical (unpaired) electrons. The molecule has 0 bridgehead atoms.